The summed E-state index contributed by atoms with van der Waals surface area (Å²) in [5.74, 6) is 1.54. The van der Waals surface area contributed by atoms with Crippen LogP contribution >= 0.6 is 0 Å². The molecule has 5 rings (SSSR count). The molecule has 170 valence electrons. The van der Waals surface area contributed by atoms with Gasteiger partial charge in [-0.1, -0.05) is 24.3 Å². The van der Waals surface area contributed by atoms with Crippen molar-refractivity contribution < 1.29 is 0 Å². The first-order chi connectivity index (χ1) is 16.8. The van der Waals surface area contributed by atoms with Gasteiger partial charge in [0.1, 0.15) is 12.0 Å². The number of hydrogen-bond donors (Lipinski definition) is 2. The Bertz CT molecular complexity index is 1330. The molecule has 0 unspecified atom stereocenters. The number of rotatable bonds is 9. The standard InChI is InChI=1S/C24H24N10/c1-33-23(31-32-24(33)22-9-10-25-17-28-22)16-27-20-4-2-3-19(13-20)15-26-14-18-5-7-21(8-6-18)34-29-11-12-30-34/h2-13,17,26-27H,14-16H2,1H3. The highest BCUT2D eigenvalue weighted by Gasteiger charge is 2.11. The smallest absolute Gasteiger partial charge is 0.182 e. The van der Waals surface area contributed by atoms with Crippen LogP contribution in [0.4, 0.5) is 5.69 Å². The molecule has 2 aromatic carbocycles. The summed E-state index contributed by atoms with van der Waals surface area (Å²) in [7, 11) is 1.94. The van der Waals surface area contributed by atoms with Crippen molar-refractivity contribution in [3.63, 3.8) is 0 Å². The van der Waals surface area contributed by atoms with Crippen LogP contribution in [0.25, 0.3) is 17.2 Å². The fourth-order valence-electron chi connectivity index (χ4n) is 3.58. The minimum atomic E-state index is 0.558. The molecule has 0 aliphatic carbocycles. The van der Waals surface area contributed by atoms with Crippen molar-refractivity contribution in [2.45, 2.75) is 19.6 Å². The fraction of sp³-hybridized carbons (Fsp3) is 0.167. The van der Waals surface area contributed by atoms with Crippen molar-refractivity contribution in [1.29, 1.82) is 0 Å². The zero-order valence-electron chi connectivity index (χ0n) is 18.7. The lowest BCUT2D eigenvalue weighted by molar-refractivity contribution is 0.692. The van der Waals surface area contributed by atoms with Crippen LogP contribution in [0.5, 0.6) is 0 Å². The van der Waals surface area contributed by atoms with Crippen LogP contribution < -0.4 is 10.6 Å². The second-order valence-electron chi connectivity index (χ2n) is 7.74. The minimum absolute atomic E-state index is 0.558. The first-order valence-electron chi connectivity index (χ1n) is 10.9. The van der Waals surface area contributed by atoms with Gasteiger partial charge in [0.15, 0.2) is 11.6 Å². The number of nitrogens with one attached hydrogen (secondary N) is 2. The maximum atomic E-state index is 4.30. The highest BCUT2D eigenvalue weighted by Crippen LogP contribution is 2.16. The number of benzene rings is 2. The SMILES string of the molecule is Cn1c(CNc2cccc(CNCc3ccc(-n4nccn4)cc3)c2)nnc1-c1ccncn1. The Kier molecular flexibility index (Phi) is 6.30. The maximum absolute atomic E-state index is 4.30. The van der Waals surface area contributed by atoms with E-state index >= 15 is 0 Å². The molecule has 10 nitrogen and oxygen atoms in total. The number of hydrogen-bond acceptors (Lipinski definition) is 8. The number of aromatic nitrogens is 8. The highest BCUT2D eigenvalue weighted by molar-refractivity contribution is 5.49. The van der Waals surface area contributed by atoms with Crippen molar-refractivity contribution >= 4 is 5.69 Å². The molecular formula is C24H24N10. The van der Waals surface area contributed by atoms with Crippen LogP contribution in [-0.2, 0) is 26.7 Å². The molecule has 2 N–H and O–H groups in total. The van der Waals surface area contributed by atoms with Crippen LogP contribution in [0.3, 0.4) is 0 Å². The summed E-state index contributed by atoms with van der Waals surface area (Å²) in [6.07, 6.45) is 6.55. The monoisotopic (exact) mass is 452 g/mol. The molecule has 0 bridgehead atoms. The van der Waals surface area contributed by atoms with E-state index in [2.05, 4.69) is 65.3 Å². The van der Waals surface area contributed by atoms with Crippen LogP contribution in [-0.4, -0.2) is 39.7 Å². The summed E-state index contributed by atoms with van der Waals surface area (Å²) in [4.78, 5) is 9.81. The molecule has 3 aromatic heterocycles. The minimum Gasteiger partial charge on any atom is -0.378 e. The lowest BCUT2D eigenvalue weighted by Crippen LogP contribution is -2.13. The Morgan fingerprint density at radius 3 is 2.44 bits per heavy atom. The Morgan fingerprint density at radius 2 is 1.65 bits per heavy atom. The first-order valence-corrected chi connectivity index (χ1v) is 10.9. The molecule has 0 radical (unpaired) electrons. The Hall–Kier alpha value is -4.44. The Balaban J connectivity index is 1.14. The summed E-state index contributed by atoms with van der Waals surface area (Å²) in [5, 5.41) is 23.8. The number of anilines is 1. The van der Waals surface area contributed by atoms with Gasteiger partial charge in [0.05, 0.1) is 24.6 Å². The van der Waals surface area contributed by atoms with E-state index in [-0.39, 0.29) is 0 Å². The molecule has 10 heteroatoms. The molecule has 34 heavy (non-hydrogen) atoms. The van der Waals surface area contributed by atoms with Gasteiger partial charge in [0.25, 0.3) is 0 Å². The third-order valence-electron chi connectivity index (χ3n) is 5.40. The van der Waals surface area contributed by atoms with Gasteiger partial charge < -0.3 is 15.2 Å². The van der Waals surface area contributed by atoms with E-state index in [1.54, 1.807) is 23.4 Å². The average molecular weight is 453 g/mol. The van der Waals surface area contributed by atoms with Gasteiger partial charge in [-0.3, -0.25) is 0 Å². The summed E-state index contributed by atoms with van der Waals surface area (Å²) < 4.78 is 1.94. The van der Waals surface area contributed by atoms with E-state index < -0.39 is 0 Å². The molecule has 0 saturated heterocycles. The average Bonchev–Trinajstić information content (AvgIpc) is 3.54. The lowest BCUT2D eigenvalue weighted by Gasteiger charge is -2.10. The zero-order chi connectivity index (χ0) is 23.2. The van der Waals surface area contributed by atoms with E-state index in [1.807, 2.05) is 41.9 Å². The van der Waals surface area contributed by atoms with Gasteiger partial charge in [0.2, 0.25) is 0 Å². The van der Waals surface area contributed by atoms with Crippen molar-refractivity contribution in [2.75, 3.05) is 5.32 Å². The quantitative estimate of drug-likeness (QED) is 0.351. The molecular weight excluding hydrogens is 428 g/mol. The Morgan fingerprint density at radius 1 is 0.824 bits per heavy atom. The molecule has 5 aromatic rings. The largest absolute Gasteiger partial charge is 0.378 e. The van der Waals surface area contributed by atoms with E-state index in [9.17, 15) is 0 Å². The van der Waals surface area contributed by atoms with Gasteiger partial charge in [-0.05, 0) is 41.5 Å². The summed E-state index contributed by atoms with van der Waals surface area (Å²) in [6, 6.07) is 18.4. The maximum Gasteiger partial charge on any atom is 0.182 e. The molecule has 0 saturated carbocycles. The molecule has 0 atom stereocenters. The van der Waals surface area contributed by atoms with Gasteiger partial charge in [-0.15, -0.1) is 10.2 Å². The second-order valence-corrected chi connectivity index (χ2v) is 7.74. The summed E-state index contributed by atoms with van der Waals surface area (Å²) in [6.45, 7) is 2.10. The van der Waals surface area contributed by atoms with E-state index in [0.29, 0.717) is 12.4 Å². The normalized spacial score (nSPS) is 11.0. The second kappa shape index (κ2) is 10.0. The predicted molar refractivity (Wildman–Crippen MR) is 128 cm³/mol. The molecule has 0 aliphatic heterocycles. The van der Waals surface area contributed by atoms with Crippen molar-refractivity contribution in [1.82, 2.24) is 45.0 Å². The lowest BCUT2D eigenvalue weighted by atomic mass is 10.1. The van der Waals surface area contributed by atoms with Crippen molar-refractivity contribution in [3.8, 4) is 17.2 Å². The third kappa shape index (κ3) is 4.97. The Labute approximate surface area is 196 Å². The van der Waals surface area contributed by atoms with Crippen LogP contribution in [0.2, 0.25) is 0 Å². The molecule has 3 heterocycles. The topological polar surface area (TPSA) is 111 Å². The van der Waals surface area contributed by atoms with E-state index in [1.165, 1.54) is 17.5 Å². The van der Waals surface area contributed by atoms with Gasteiger partial charge >= 0.3 is 0 Å². The van der Waals surface area contributed by atoms with Crippen LogP contribution in [0.15, 0.2) is 79.5 Å². The fourth-order valence-corrected chi connectivity index (χ4v) is 3.58. The molecule has 0 amide bonds. The number of nitrogens with zero attached hydrogens (tertiary/aromatic N) is 8. The molecule has 0 fully saturated rings. The summed E-state index contributed by atoms with van der Waals surface area (Å²) in [5.41, 5.74) is 5.12. The molecule has 0 aliphatic rings. The van der Waals surface area contributed by atoms with Crippen molar-refractivity contribution in [3.05, 3.63) is 96.5 Å². The first kappa shape index (κ1) is 21.4. The van der Waals surface area contributed by atoms with Gasteiger partial charge in [-0.2, -0.15) is 15.0 Å². The van der Waals surface area contributed by atoms with Crippen LogP contribution in [0.1, 0.15) is 17.0 Å². The molecule has 0 spiro atoms. The highest BCUT2D eigenvalue weighted by atomic mass is 15.5. The van der Waals surface area contributed by atoms with Gasteiger partial charge in [-0.25, -0.2) is 9.97 Å². The van der Waals surface area contributed by atoms with Crippen LogP contribution in [0, 0.1) is 0 Å². The van der Waals surface area contributed by atoms with E-state index in [0.717, 1.165) is 36.0 Å². The zero-order valence-corrected chi connectivity index (χ0v) is 18.7. The van der Waals surface area contributed by atoms with Crippen molar-refractivity contribution in [2.24, 2.45) is 7.05 Å². The van der Waals surface area contributed by atoms with Gasteiger partial charge in [0, 0.05) is 32.0 Å². The van der Waals surface area contributed by atoms with E-state index in [4.69, 9.17) is 0 Å². The predicted octanol–water partition coefficient (Wildman–Crippen LogP) is 2.75. The summed E-state index contributed by atoms with van der Waals surface area (Å²) >= 11 is 0. The third-order valence-corrected chi connectivity index (χ3v) is 5.40.